The number of likely N-dealkylation sites (N-methyl/N-ethyl adjacent to an activating group) is 1. The molecule has 1 saturated heterocycles. The highest BCUT2D eigenvalue weighted by Gasteiger charge is 2.39. The maximum atomic E-state index is 12.8. The number of carbonyl (C=O) groups excluding carboxylic acids is 1. The van der Waals surface area contributed by atoms with Crippen LogP contribution in [0.3, 0.4) is 0 Å². The Labute approximate surface area is 160 Å². The van der Waals surface area contributed by atoms with Crippen molar-refractivity contribution in [2.75, 3.05) is 20.1 Å². The molecule has 1 fully saturated rings. The monoisotopic (exact) mass is 378 g/mol. The number of halogens is 1. The summed E-state index contributed by atoms with van der Waals surface area (Å²) >= 11 is 0. The summed E-state index contributed by atoms with van der Waals surface area (Å²) in [5, 5.41) is 7.30. The van der Waals surface area contributed by atoms with Gasteiger partial charge in [-0.25, -0.2) is 0 Å². The Hall–Kier alpha value is -1.92. The molecule has 1 aromatic heterocycles. The Morgan fingerprint density at radius 2 is 2.12 bits per heavy atom. The lowest BCUT2D eigenvalue weighted by atomic mass is 9.81. The van der Waals surface area contributed by atoms with Gasteiger partial charge in [-0.2, -0.15) is 4.98 Å². The molecule has 7 heteroatoms. The largest absolute Gasteiger partial charge is 0.339 e. The zero-order valence-corrected chi connectivity index (χ0v) is 16.4. The van der Waals surface area contributed by atoms with Gasteiger partial charge in [0.2, 0.25) is 5.89 Å². The van der Waals surface area contributed by atoms with Crippen molar-refractivity contribution in [2.45, 2.75) is 44.6 Å². The minimum absolute atomic E-state index is 0. The molecule has 2 unspecified atom stereocenters. The van der Waals surface area contributed by atoms with Crippen LogP contribution in [0, 0.1) is 0 Å². The van der Waals surface area contributed by atoms with Crippen LogP contribution in [0.2, 0.25) is 0 Å². The van der Waals surface area contributed by atoms with E-state index in [4.69, 9.17) is 4.52 Å². The second-order valence-corrected chi connectivity index (χ2v) is 7.17. The fourth-order valence-corrected chi connectivity index (χ4v) is 3.31. The smallest absolute Gasteiger partial charge is 0.253 e. The van der Waals surface area contributed by atoms with Crippen molar-refractivity contribution < 1.29 is 9.32 Å². The van der Waals surface area contributed by atoms with Crippen molar-refractivity contribution in [1.82, 2.24) is 20.4 Å². The van der Waals surface area contributed by atoms with Crippen LogP contribution < -0.4 is 5.32 Å². The lowest BCUT2D eigenvalue weighted by Crippen LogP contribution is -2.47. The average Bonchev–Trinajstić information content (AvgIpc) is 3.11. The number of aromatic nitrogens is 2. The average molecular weight is 379 g/mol. The van der Waals surface area contributed by atoms with Gasteiger partial charge in [-0.05, 0) is 45.9 Å². The number of hydrogen-bond donors (Lipinski definition) is 1. The highest BCUT2D eigenvalue weighted by atomic mass is 35.5. The normalized spacial score (nSPS) is 21.1. The highest BCUT2D eigenvalue weighted by molar-refractivity contribution is 5.94. The number of piperidine rings is 1. The quantitative estimate of drug-likeness (QED) is 0.866. The Morgan fingerprint density at radius 1 is 1.38 bits per heavy atom. The molecule has 1 amide bonds. The molecule has 2 heterocycles. The SMILES string of the molecule is CNC(C)Cc1noc(C2(C)CCCN(C(=O)c3ccccc3)C2)n1.Cl. The fraction of sp³-hybridized carbons (Fsp3) is 0.526. The molecule has 1 aliphatic rings. The van der Waals surface area contributed by atoms with E-state index in [9.17, 15) is 4.79 Å². The second kappa shape index (κ2) is 8.64. The van der Waals surface area contributed by atoms with Gasteiger partial charge in [0, 0.05) is 31.1 Å². The van der Waals surface area contributed by atoms with Gasteiger partial charge in [0.15, 0.2) is 5.82 Å². The molecule has 0 bridgehead atoms. The van der Waals surface area contributed by atoms with E-state index in [0.717, 1.165) is 31.4 Å². The first kappa shape index (κ1) is 20.4. The van der Waals surface area contributed by atoms with Gasteiger partial charge in [0.05, 0.1) is 5.41 Å². The first-order valence-electron chi connectivity index (χ1n) is 8.86. The Balaban J connectivity index is 0.00000243. The summed E-state index contributed by atoms with van der Waals surface area (Å²) in [6.45, 7) is 5.56. The first-order chi connectivity index (χ1) is 12.0. The molecule has 2 atom stereocenters. The fourth-order valence-electron chi connectivity index (χ4n) is 3.31. The lowest BCUT2D eigenvalue weighted by Gasteiger charge is -2.38. The minimum atomic E-state index is -0.295. The number of carbonyl (C=O) groups is 1. The number of nitrogens with zero attached hydrogens (tertiary/aromatic N) is 3. The molecule has 1 aromatic carbocycles. The summed E-state index contributed by atoms with van der Waals surface area (Å²) in [7, 11) is 1.92. The van der Waals surface area contributed by atoms with Crippen molar-refractivity contribution in [3.8, 4) is 0 Å². The van der Waals surface area contributed by atoms with Crippen LogP contribution in [-0.2, 0) is 11.8 Å². The van der Waals surface area contributed by atoms with Gasteiger partial charge in [0.25, 0.3) is 5.91 Å². The van der Waals surface area contributed by atoms with Crippen molar-refractivity contribution in [3.63, 3.8) is 0 Å². The molecule has 142 valence electrons. The van der Waals surface area contributed by atoms with Crippen LogP contribution in [0.5, 0.6) is 0 Å². The standard InChI is InChI=1S/C19H26N4O2.ClH/c1-14(20-3)12-16-21-18(25-22-16)19(2)10-7-11-23(13-19)17(24)15-8-5-4-6-9-15;/h4-6,8-9,14,20H,7,10-13H2,1-3H3;1H. The summed E-state index contributed by atoms with van der Waals surface area (Å²) in [6.07, 6.45) is 2.59. The van der Waals surface area contributed by atoms with Crippen LogP contribution in [0.1, 0.15) is 48.8 Å². The summed E-state index contributed by atoms with van der Waals surface area (Å²) in [6, 6.07) is 9.72. The van der Waals surface area contributed by atoms with E-state index in [1.165, 1.54) is 0 Å². The van der Waals surface area contributed by atoms with Gasteiger partial charge < -0.3 is 14.7 Å². The number of hydrogen-bond acceptors (Lipinski definition) is 5. The van der Waals surface area contributed by atoms with Crippen LogP contribution in [0.15, 0.2) is 34.9 Å². The van der Waals surface area contributed by atoms with Gasteiger partial charge in [-0.1, -0.05) is 23.4 Å². The minimum Gasteiger partial charge on any atom is -0.339 e. The molecular formula is C19H27ClN4O2. The van der Waals surface area contributed by atoms with Crippen LogP contribution in [0.4, 0.5) is 0 Å². The van der Waals surface area contributed by atoms with E-state index in [1.807, 2.05) is 42.3 Å². The molecule has 3 rings (SSSR count). The van der Waals surface area contributed by atoms with E-state index in [2.05, 4.69) is 29.3 Å². The number of nitrogens with one attached hydrogen (secondary N) is 1. The van der Waals surface area contributed by atoms with Gasteiger partial charge >= 0.3 is 0 Å². The number of amides is 1. The molecule has 0 aliphatic carbocycles. The summed E-state index contributed by atoms with van der Waals surface area (Å²) in [4.78, 5) is 19.3. The van der Waals surface area contributed by atoms with E-state index in [1.54, 1.807) is 0 Å². The van der Waals surface area contributed by atoms with Gasteiger partial charge in [0.1, 0.15) is 0 Å². The maximum absolute atomic E-state index is 12.8. The lowest BCUT2D eigenvalue weighted by molar-refractivity contribution is 0.0620. The summed E-state index contributed by atoms with van der Waals surface area (Å²) < 4.78 is 5.56. The van der Waals surface area contributed by atoms with Gasteiger partial charge in [-0.3, -0.25) is 4.79 Å². The van der Waals surface area contributed by atoms with Gasteiger partial charge in [-0.15, -0.1) is 12.4 Å². The van der Waals surface area contributed by atoms with E-state index in [0.29, 0.717) is 24.3 Å². The summed E-state index contributed by atoms with van der Waals surface area (Å²) in [5.74, 6) is 1.41. The molecule has 0 saturated carbocycles. The van der Waals surface area contributed by atoms with Crippen LogP contribution in [-0.4, -0.2) is 47.1 Å². The third kappa shape index (κ3) is 4.43. The molecule has 26 heavy (non-hydrogen) atoms. The Kier molecular flexibility index (Phi) is 6.78. The molecular weight excluding hydrogens is 352 g/mol. The molecule has 6 nitrogen and oxygen atoms in total. The molecule has 1 N–H and O–H groups in total. The van der Waals surface area contributed by atoms with E-state index in [-0.39, 0.29) is 23.7 Å². The zero-order chi connectivity index (χ0) is 17.9. The predicted octanol–water partition coefficient (Wildman–Crippen LogP) is 2.84. The molecule has 1 aliphatic heterocycles. The van der Waals surface area contributed by atoms with Crippen LogP contribution in [0.25, 0.3) is 0 Å². The van der Waals surface area contributed by atoms with E-state index >= 15 is 0 Å². The van der Waals surface area contributed by atoms with Crippen molar-refractivity contribution in [1.29, 1.82) is 0 Å². The van der Waals surface area contributed by atoms with Crippen molar-refractivity contribution in [3.05, 3.63) is 47.6 Å². The first-order valence-corrected chi connectivity index (χ1v) is 8.86. The number of rotatable bonds is 5. The van der Waals surface area contributed by atoms with E-state index < -0.39 is 0 Å². The number of likely N-dealkylation sites (tertiary alicyclic amines) is 1. The topological polar surface area (TPSA) is 71.3 Å². The zero-order valence-electron chi connectivity index (χ0n) is 15.6. The molecule has 2 aromatic rings. The number of benzene rings is 1. The second-order valence-electron chi connectivity index (χ2n) is 7.17. The predicted molar refractivity (Wildman–Crippen MR) is 103 cm³/mol. The highest BCUT2D eigenvalue weighted by Crippen LogP contribution is 2.33. The van der Waals surface area contributed by atoms with Crippen LogP contribution >= 0.6 is 12.4 Å². The third-order valence-electron chi connectivity index (χ3n) is 4.97. The maximum Gasteiger partial charge on any atom is 0.253 e. The third-order valence-corrected chi connectivity index (χ3v) is 4.97. The molecule has 0 spiro atoms. The molecule has 0 radical (unpaired) electrons. The summed E-state index contributed by atoms with van der Waals surface area (Å²) in [5.41, 5.74) is 0.428. The van der Waals surface area contributed by atoms with Crippen molar-refractivity contribution in [2.24, 2.45) is 0 Å². The Morgan fingerprint density at radius 3 is 2.81 bits per heavy atom. The Bertz CT molecular complexity index is 721. The van der Waals surface area contributed by atoms with Crippen molar-refractivity contribution >= 4 is 18.3 Å².